The van der Waals surface area contributed by atoms with Crippen molar-refractivity contribution in [2.75, 3.05) is 13.1 Å². The second kappa shape index (κ2) is 7.15. The highest BCUT2D eigenvalue weighted by atomic mass is 35.5. The van der Waals surface area contributed by atoms with Gasteiger partial charge in [-0.05, 0) is 23.8 Å². The van der Waals surface area contributed by atoms with Crippen LogP contribution < -0.4 is 4.74 Å². The highest BCUT2D eigenvalue weighted by Crippen LogP contribution is 2.35. The van der Waals surface area contributed by atoms with Crippen LogP contribution in [0.1, 0.15) is 0 Å². The molecule has 1 atom stereocenters. The number of hydrogen-bond acceptors (Lipinski definition) is 5. The predicted molar refractivity (Wildman–Crippen MR) is 95.9 cm³/mol. The quantitative estimate of drug-likeness (QED) is 0.619. The normalized spacial score (nSPS) is 17.7. The van der Waals surface area contributed by atoms with E-state index in [1.165, 1.54) is 18.3 Å². The molecular weight excluding hydrogens is 397 g/mol. The van der Waals surface area contributed by atoms with Crippen molar-refractivity contribution in [2.24, 2.45) is 0 Å². The number of rotatable bonds is 4. The van der Waals surface area contributed by atoms with Gasteiger partial charge in [0.1, 0.15) is 17.7 Å². The Morgan fingerprint density at radius 1 is 1.44 bits per heavy atom. The lowest BCUT2D eigenvalue weighted by Gasteiger charge is -2.17. The number of ether oxygens (including phenoxy) is 1. The molecule has 0 bridgehead atoms. The Morgan fingerprint density at radius 2 is 2.19 bits per heavy atom. The van der Waals surface area contributed by atoms with E-state index >= 15 is 0 Å². The summed E-state index contributed by atoms with van der Waals surface area (Å²) in [5, 5.41) is 10.0. The first-order valence-electron chi connectivity index (χ1n) is 7.58. The number of nitrogens with zero attached hydrogens (tertiary/aromatic N) is 3. The molecule has 1 fully saturated rings. The molecule has 1 aliphatic rings. The number of hydrogen-bond donors (Lipinski definition) is 1. The standard InChI is InChI=1S/C17H13ClFN3O4S/c1-10-8-22(27(24,25)17-4-3-11(18)7-21-17)9-16(10)26-15-5-12(19)13(20-2)6-14(15)23/h3-7,16,23H,1,8-9H2/t16-/m0/s1. The van der Waals surface area contributed by atoms with Gasteiger partial charge in [0.25, 0.3) is 10.0 Å². The lowest BCUT2D eigenvalue weighted by Crippen LogP contribution is -2.31. The molecule has 10 heteroatoms. The lowest BCUT2D eigenvalue weighted by atomic mass is 10.2. The van der Waals surface area contributed by atoms with E-state index in [9.17, 15) is 17.9 Å². The number of benzene rings is 1. The van der Waals surface area contributed by atoms with E-state index in [1.54, 1.807) is 0 Å². The summed E-state index contributed by atoms with van der Waals surface area (Å²) < 4.78 is 45.8. The van der Waals surface area contributed by atoms with Crippen LogP contribution in [0.3, 0.4) is 0 Å². The molecular formula is C17H13ClFN3O4S. The van der Waals surface area contributed by atoms with Gasteiger partial charge < -0.3 is 9.84 Å². The first-order valence-corrected chi connectivity index (χ1v) is 9.40. The van der Waals surface area contributed by atoms with Gasteiger partial charge in [-0.1, -0.05) is 18.2 Å². The third kappa shape index (κ3) is 3.73. The molecule has 3 rings (SSSR count). The van der Waals surface area contributed by atoms with Gasteiger partial charge in [-0.25, -0.2) is 22.6 Å². The van der Waals surface area contributed by atoms with Gasteiger partial charge in [0, 0.05) is 18.8 Å². The predicted octanol–water partition coefficient (Wildman–Crippen LogP) is 3.14. The average molecular weight is 410 g/mol. The molecule has 2 aromatic rings. The SMILES string of the molecule is [C-]#[N+]c1cc(O)c(O[C@H]2CN(S(=O)(=O)c3ccc(Cl)cn3)CC2=C)cc1F. The van der Waals surface area contributed by atoms with Crippen molar-refractivity contribution in [1.82, 2.24) is 9.29 Å². The maximum Gasteiger partial charge on any atom is 0.260 e. The van der Waals surface area contributed by atoms with Gasteiger partial charge in [-0.2, -0.15) is 4.31 Å². The Bertz CT molecular complexity index is 1050. The molecule has 0 aliphatic carbocycles. The van der Waals surface area contributed by atoms with Crippen molar-refractivity contribution in [3.8, 4) is 11.5 Å². The number of phenols is 1. The van der Waals surface area contributed by atoms with Crippen LogP contribution in [0.25, 0.3) is 4.85 Å². The topological polar surface area (TPSA) is 84.1 Å². The van der Waals surface area contributed by atoms with Crippen LogP contribution in [0.4, 0.5) is 10.1 Å². The van der Waals surface area contributed by atoms with Gasteiger partial charge in [-0.15, -0.1) is 0 Å². The highest BCUT2D eigenvalue weighted by molar-refractivity contribution is 7.89. The van der Waals surface area contributed by atoms with E-state index in [1.807, 2.05) is 0 Å². The first kappa shape index (κ1) is 19.1. The minimum absolute atomic E-state index is 0.0132. The Morgan fingerprint density at radius 3 is 2.81 bits per heavy atom. The molecule has 1 aliphatic heterocycles. The monoisotopic (exact) mass is 409 g/mol. The molecule has 140 valence electrons. The molecule has 0 amide bonds. The number of aromatic nitrogens is 1. The van der Waals surface area contributed by atoms with Crippen molar-refractivity contribution < 1.29 is 22.7 Å². The number of phenolic OH excluding ortho intramolecular Hbond substituents is 1. The third-order valence-electron chi connectivity index (χ3n) is 3.93. The molecule has 1 saturated heterocycles. The van der Waals surface area contributed by atoms with Crippen molar-refractivity contribution in [3.05, 3.63) is 64.9 Å². The number of halogens is 2. The third-order valence-corrected chi connectivity index (χ3v) is 5.88. The summed E-state index contributed by atoms with van der Waals surface area (Å²) in [6, 6.07) is 4.54. The number of pyridine rings is 1. The summed E-state index contributed by atoms with van der Waals surface area (Å²) in [7, 11) is -3.90. The lowest BCUT2D eigenvalue weighted by molar-refractivity contribution is 0.231. The zero-order valence-electron chi connectivity index (χ0n) is 13.8. The first-order chi connectivity index (χ1) is 12.7. The second-order valence-corrected chi connectivity index (χ2v) is 8.08. The number of sulfonamides is 1. The van der Waals surface area contributed by atoms with Crippen LogP contribution in [-0.2, 0) is 10.0 Å². The average Bonchev–Trinajstić information content (AvgIpc) is 2.99. The summed E-state index contributed by atoms with van der Waals surface area (Å²) in [4.78, 5) is 6.76. The van der Waals surface area contributed by atoms with E-state index in [2.05, 4.69) is 16.4 Å². The number of aromatic hydroxyl groups is 1. The molecule has 0 unspecified atom stereocenters. The largest absolute Gasteiger partial charge is 0.505 e. The molecule has 7 nitrogen and oxygen atoms in total. The summed E-state index contributed by atoms with van der Waals surface area (Å²) in [6.07, 6.45) is 0.434. The van der Waals surface area contributed by atoms with Gasteiger partial charge in [0.15, 0.2) is 10.8 Å². The maximum atomic E-state index is 13.8. The van der Waals surface area contributed by atoms with Crippen molar-refractivity contribution in [2.45, 2.75) is 11.1 Å². The van der Waals surface area contributed by atoms with Gasteiger partial charge in [-0.3, -0.25) is 0 Å². The fraction of sp³-hybridized carbons (Fsp3) is 0.176. The van der Waals surface area contributed by atoms with E-state index in [-0.39, 0.29) is 29.6 Å². The summed E-state index contributed by atoms with van der Waals surface area (Å²) in [5.74, 6) is -1.47. The summed E-state index contributed by atoms with van der Waals surface area (Å²) in [5.41, 5.74) is 0.0877. The van der Waals surface area contributed by atoms with Crippen LogP contribution in [-0.4, -0.2) is 42.0 Å². The zero-order chi connectivity index (χ0) is 19.8. The Hall–Kier alpha value is -2.67. The van der Waals surface area contributed by atoms with E-state index in [0.717, 1.165) is 16.4 Å². The molecule has 1 aromatic heterocycles. The van der Waals surface area contributed by atoms with Gasteiger partial charge in [0.2, 0.25) is 5.69 Å². The maximum absolute atomic E-state index is 13.8. The van der Waals surface area contributed by atoms with E-state index in [0.29, 0.717) is 10.6 Å². The zero-order valence-corrected chi connectivity index (χ0v) is 15.3. The summed E-state index contributed by atoms with van der Waals surface area (Å²) in [6.45, 7) is 10.5. The van der Waals surface area contributed by atoms with E-state index < -0.39 is 27.7 Å². The molecule has 1 aromatic carbocycles. The van der Waals surface area contributed by atoms with Crippen LogP contribution >= 0.6 is 11.6 Å². The summed E-state index contributed by atoms with van der Waals surface area (Å²) >= 11 is 5.73. The van der Waals surface area contributed by atoms with Crippen LogP contribution in [0.5, 0.6) is 11.5 Å². The fourth-order valence-corrected chi connectivity index (χ4v) is 3.99. The van der Waals surface area contributed by atoms with Crippen LogP contribution in [0, 0.1) is 12.4 Å². The molecule has 0 spiro atoms. The van der Waals surface area contributed by atoms with Crippen molar-refractivity contribution >= 4 is 27.3 Å². The van der Waals surface area contributed by atoms with Crippen LogP contribution in [0.15, 0.2) is 47.6 Å². The van der Waals surface area contributed by atoms with Crippen molar-refractivity contribution in [3.63, 3.8) is 0 Å². The smallest absolute Gasteiger partial charge is 0.260 e. The van der Waals surface area contributed by atoms with Gasteiger partial charge >= 0.3 is 0 Å². The highest BCUT2D eigenvalue weighted by Gasteiger charge is 2.37. The van der Waals surface area contributed by atoms with Crippen molar-refractivity contribution in [1.29, 1.82) is 0 Å². The van der Waals surface area contributed by atoms with E-state index in [4.69, 9.17) is 22.9 Å². The minimum atomic E-state index is -3.90. The Kier molecular flexibility index (Phi) is 5.06. The van der Waals surface area contributed by atoms with Gasteiger partial charge in [0.05, 0.1) is 18.1 Å². The molecule has 2 heterocycles. The molecule has 0 radical (unpaired) electrons. The second-order valence-electron chi connectivity index (χ2n) is 5.76. The molecule has 0 saturated carbocycles. The molecule has 27 heavy (non-hydrogen) atoms. The fourth-order valence-electron chi connectivity index (χ4n) is 2.52. The Labute approximate surface area is 160 Å². The Balaban J connectivity index is 1.81. The molecule has 1 N–H and O–H groups in total. The minimum Gasteiger partial charge on any atom is -0.505 e. The van der Waals surface area contributed by atoms with Crippen LogP contribution in [0.2, 0.25) is 5.02 Å².